The van der Waals surface area contributed by atoms with Crippen LogP contribution < -0.4 is 10.1 Å². The molecule has 2 amide bonds. The van der Waals surface area contributed by atoms with Crippen molar-refractivity contribution in [1.82, 2.24) is 10.2 Å². The molecule has 152 valence electrons. The van der Waals surface area contributed by atoms with Gasteiger partial charge in [-0.15, -0.1) is 10.2 Å². The van der Waals surface area contributed by atoms with Gasteiger partial charge in [-0.1, -0.05) is 36.4 Å². The maximum absolute atomic E-state index is 12.8. The Morgan fingerprint density at radius 1 is 1.10 bits per heavy atom. The summed E-state index contributed by atoms with van der Waals surface area (Å²) in [5, 5.41) is 18.4. The third kappa shape index (κ3) is 3.33. The molecule has 1 aromatic heterocycles. The molecule has 0 spiro atoms. The van der Waals surface area contributed by atoms with Crippen molar-refractivity contribution in [1.29, 1.82) is 0 Å². The molecule has 0 bridgehead atoms. The fraction of sp³-hybridized carbons (Fsp3) is 0.0870. The van der Waals surface area contributed by atoms with Crippen LogP contribution in [-0.2, 0) is 4.79 Å². The van der Waals surface area contributed by atoms with E-state index in [0.29, 0.717) is 22.5 Å². The van der Waals surface area contributed by atoms with E-state index in [0.717, 1.165) is 16.7 Å². The molecule has 0 radical (unpaired) electrons. The first-order valence-electron chi connectivity index (χ1n) is 9.62. The fourth-order valence-electron chi connectivity index (χ4n) is 3.62. The topological polar surface area (TPSA) is 109 Å². The first-order chi connectivity index (χ1) is 15.1. The number of nitrogens with one attached hydrogen (secondary N) is 2. The number of methoxy groups -OCH3 is 1. The van der Waals surface area contributed by atoms with Crippen LogP contribution in [0.1, 0.15) is 16.1 Å². The van der Waals surface area contributed by atoms with Gasteiger partial charge in [0.2, 0.25) is 0 Å². The average molecular weight is 411 g/mol. The highest BCUT2D eigenvalue weighted by Crippen LogP contribution is 2.34. The summed E-state index contributed by atoms with van der Waals surface area (Å²) in [4.78, 5) is 24.8. The van der Waals surface area contributed by atoms with E-state index in [-0.39, 0.29) is 17.5 Å². The normalized spacial score (nSPS) is 17.2. The summed E-state index contributed by atoms with van der Waals surface area (Å²) in [6, 6.07) is 12.6. The molecule has 0 fully saturated rings. The van der Waals surface area contributed by atoms with Crippen molar-refractivity contribution in [2.75, 3.05) is 12.4 Å². The maximum atomic E-state index is 12.8. The second-order valence-corrected chi connectivity index (χ2v) is 7.08. The number of nitrogens with zero attached hydrogens (tertiary/aromatic N) is 3. The highest BCUT2D eigenvalue weighted by Gasteiger charge is 2.27. The summed E-state index contributed by atoms with van der Waals surface area (Å²) in [6.07, 6.45) is 7.39. The van der Waals surface area contributed by atoms with Gasteiger partial charge in [0.05, 0.1) is 24.2 Å². The van der Waals surface area contributed by atoms with Gasteiger partial charge in [0.25, 0.3) is 11.8 Å². The van der Waals surface area contributed by atoms with Gasteiger partial charge in [-0.2, -0.15) is 5.10 Å². The first kappa shape index (κ1) is 18.7. The van der Waals surface area contributed by atoms with E-state index in [2.05, 4.69) is 25.7 Å². The number of benzene rings is 2. The molecule has 2 aromatic carbocycles. The number of carbonyl (C=O) groups excluding carboxylic acids is 2. The monoisotopic (exact) mass is 411 g/mol. The molecule has 2 aliphatic rings. The zero-order valence-electron chi connectivity index (χ0n) is 16.5. The molecule has 0 saturated carbocycles. The molecular formula is C23H17N5O3. The van der Waals surface area contributed by atoms with Crippen LogP contribution in [-0.4, -0.2) is 29.1 Å². The predicted molar refractivity (Wildman–Crippen MR) is 116 cm³/mol. The Hall–Kier alpha value is -4.33. The van der Waals surface area contributed by atoms with Crippen LogP contribution in [0, 0.1) is 5.92 Å². The van der Waals surface area contributed by atoms with Crippen LogP contribution in [0.2, 0.25) is 0 Å². The number of allylic oxidation sites excluding steroid dienone is 3. The van der Waals surface area contributed by atoms with E-state index in [1.807, 2.05) is 42.5 Å². The van der Waals surface area contributed by atoms with Gasteiger partial charge >= 0.3 is 0 Å². The van der Waals surface area contributed by atoms with Gasteiger partial charge in [0.1, 0.15) is 5.75 Å². The van der Waals surface area contributed by atoms with Gasteiger partial charge in [0, 0.05) is 16.6 Å². The van der Waals surface area contributed by atoms with Crippen LogP contribution in [0.5, 0.6) is 5.75 Å². The number of amides is 2. The maximum Gasteiger partial charge on any atom is 0.276 e. The summed E-state index contributed by atoms with van der Waals surface area (Å²) in [5.41, 5.74) is 3.91. The molecule has 3 aromatic rings. The highest BCUT2D eigenvalue weighted by molar-refractivity contribution is 6.11. The van der Waals surface area contributed by atoms with Crippen LogP contribution in [0.25, 0.3) is 16.6 Å². The molecule has 1 unspecified atom stereocenters. The summed E-state index contributed by atoms with van der Waals surface area (Å²) < 4.78 is 5.24. The fourth-order valence-corrected chi connectivity index (χ4v) is 3.62. The number of aromatic amines is 1. The first-order valence-corrected chi connectivity index (χ1v) is 9.62. The second-order valence-electron chi connectivity index (χ2n) is 7.08. The zero-order valence-corrected chi connectivity index (χ0v) is 16.5. The Bertz CT molecular complexity index is 1330. The van der Waals surface area contributed by atoms with Gasteiger partial charge in [-0.25, -0.2) is 0 Å². The summed E-state index contributed by atoms with van der Waals surface area (Å²) in [7, 11) is 1.57. The van der Waals surface area contributed by atoms with Gasteiger partial charge < -0.3 is 10.1 Å². The number of hydrogen-bond donors (Lipinski definition) is 2. The molecule has 0 saturated heterocycles. The lowest BCUT2D eigenvalue weighted by Gasteiger charge is -2.19. The van der Waals surface area contributed by atoms with E-state index in [1.165, 1.54) is 0 Å². The van der Waals surface area contributed by atoms with Gasteiger partial charge in [-0.05, 0) is 35.9 Å². The van der Waals surface area contributed by atoms with E-state index in [4.69, 9.17) is 4.74 Å². The number of aromatic nitrogens is 2. The Balaban J connectivity index is 1.40. The predicted octanol–water partition coefficient (Wildman–Crippen LogP) is 4.27. The molecule has 1 atom stereocenters. The Morgan fingerprint density at radius 3 is 2.74 bits per heavy atom. The molecule has 8 nitrogen and oxygen atoms in total. The van der Waals surface area contributed by atoms with E-state index < -0.39 is 5.92 Å². The van der Waals surface area contributed by atoms with Crippen LogP contribution in [0.3, 0.4) is 0 Å². The molecular weight excluding hydrogens is 394 g/mol. The molecule has 1 aliphatic heterocycles. The van der Waals surface area contributed by atoms with Crippen molar-refractivity contribution in [2.45, 2.75) is 0 Å². The lowest BCUT2D eigenvalue weighted by molar-refractivity contribution is -0.119. The summed E-state index contributed by atoms with van der Waals surface area (Å²) in [5.74, 6) is -0.363. The summed E-state index contributed by atoms with van der Waals surface area (Å²) >= 11 is 0. The number of carbonyl (C=O) groups is 2. The Morgan fingerprint density at radius 2 is 1.94 bits per heavy atom. The number of rotatable bonds is 4. The Kier molecular flexibility index (Phi) is 4.51. The number of fused-ring (bicyclic) bond motifs is 2. The number of azo groups is 1. The van der Waals surface area contributed by atoms with Crippen molar-refractivity contribution in [3.05, 3.63) is 83.6 Å². The SMILES string of the molecule is COc1ccc2[nH]nc(C(=O)Nc3ccc(C4=C5C=CC=CC5C(=O)N=N4)cc3)c2c1. The van der Waals surface area contributed by atoms with Crippen LogP contribution >= 0.6 is 0 Å². The molecule has 8 heteroatoms. The van der Waals surface area contributed by atoms with Crippen LogP contribution in [0.4, 0.5) is 5.69 Å². The average Bonchev–Trinajstić information content (AvgIpc) is 3.23. The minimum atomic E-state index is -0.401. The molecule has 5 rings (SSSR count). The van der Waals surface area contributed by atoms with E-state index >= 15 is 0 Å². The number of ether oxygens (including phenoxy) is 1. The highest BCUT2D eigenvalue weighted by atomic mass is 16.5. The molecule has 31 heavy (non-hydrogen) atoms. The quantitative estimate of drug-likeness (QED) is 0.668. The lowest BCUT2D eigenvalue weighted by atomic mass is 9.89. The van der Waals surface area contributed by atoms with Crippen molar-refractivity contribution >= 4 is 34.1 Å². The standard InChI is InChI=1S/C23H17N5O3/c1-31-15-10-11-19-18(12-15)21(27-25-19)23(30)24-14-8-6-13(7-9-14)20-16-4-2-3-5-17(16)22(29)28-26-20/h2-12,17H,1H3,(H,24,30)(H,25,27). The van der Waals surface area contributed by atoms with Crippen molar-refractivity contribution in [3.63, 3.8) is 0 Å². The minimum Gasteiger partial charge on any atom is -0.497 e. The van der Waals surface area contributed by atoms with Gasteiger partial charge in [0.15, 0.2) is 5.69 Å². The molecule has 1 aliphatic carbocycles. The lowest BCUT2D eigenvalue weighted by Crippen LogP contribution is -2.17. The minimum absolute atomic E-state index is 0.272. The number of H-pyrrole nitrogens is 1. The number of anilines is 1. The smallest absolute Gasteiger partial charge is 0.276 e. The molecule has 2 N–H and O–H groups in total. The number of hydrogen-bond acceptors (Lipinski definition) is 5. The summed E-state index contributed by atoms with van der Waals surface area (Å²) in [6.45, 7) is 0. The van der Waals surface area contributed by atoms with Gasteiger partial charge in [-0.3, -0.25) is 14.7 Å². The van der Waals surface area contributed by atoms with E-state index in [1.54, 1.807) is 31.4 Å². The van der Waals surface area contributed by atoms with Crippen LogP contribution in [0.15, 0.2) is 82.6 Å². The van der Waals surface area contributed by atoms with Crippen molar-refractivity contribution in [2.24, 2.45) is 16.1 Å². The second kappa shape index (κ2) is 7.49. The third-order valence-electron chi connectivity index (χ3n) is 5.21. The zero-order chi connectivity index (χ0) is 21.4. The van der Waals surface area contributed by atoms with Crippen molar-refractivity contribution < 1.29 is 14.3 Å². The van der Waals surface area contributed by atoms with E-state index in [9.17, 15) is 9.59 Å². The Labute approximate surface area is 177 Å². The third-order valence-corrected chi connectivity index (χ3v) is 5.21. The molecule has 2 heterocycles. The largest absolute Gasteiger partial charge is 0.497 e. The van der Waals surface area contributed by atoms with Crippen molar-refractivity contribution in [3.8, 4) is 5.75 Å².